The summed E-state index contributed by atoms with van der Waals surface area (Å²) in [7, 11) is 1.59. The van der Waals surface area contributed by atoms with Crippen molar-refractivity contribution in [2.75, 3.05) is 25.5 Å². The number of furan rings is 1. The summed E-state index contributed by atoms with van der Waals surface area (Å²) in [5, 5.41) is 6.03. The van der Waals surface area contributed by atoms with Crippen molar-refractivity contribution in [2.45, 2.75) is 18.9 Å². The molecule has 3 amide bonds. The lowest BCUT2D eigenvalue weighted by Crippen LogP contribution is -2.45. The molecule has 1 aliphatic heterocycles. The Bertz CT molecular complexity index is 1030. The number of likely N-dealkylation sites (tertiary alicyclic amines) is 1. The Balaban J connectivity index is 1.34. The fraction of sp³-hybridized carbons (Fsp3) is 0.280. The molecule has 2 heterocycles. The number of nitrogens with zero attached hydrogens (tertiary/aromatic N) is 1. The van der Waals surface area contributed by atoms with Gasteiger partial charge in [-0.3, -0.25) is 4.79 Å². The normalized spacial score (nSPS) is 15.1. The Morgan fingerprint density at radius 1 is 1.03 bits per heavy atom. The Morgan fingerprint density at radius 3 is 2.50 bits per heavy atom. The number of hydrogen-bond acceptors (Lipinski definition) is 4. The summed E-state index contributed by atoms with van der Waals surface area (Å²) in [5.41, 5.74) is 1.64. The molecule has 1 aromatic heterocycles. The van der Waals surface area contributed by atoms with E-state index in [2.05, 4.69) is 10.6 Å². The summed E-state index contributed by atoms with van der Waals surface area (Å²) in [6, 6.07) is 20.2. The molecule has 4 rings (SSSR count). The quantitative estimate of drug-likeness (QED) is 0.602. The van der Waals surface area contributed by atoms with Crippen LogP contribution in [-0.2, 0) is 4.79 Å². The Hall–Kier alpha value is -3.74. The molecule has 32 heavy (non-hydrogen) atoms. The summed E-state index contributed by atoms with van der Waals surface area (Å²) in [5.74, 6) is 1.20. The van der Waals surface area contributed by atoms with Gasteiger partial charge in [-0.25, -0.2) is 4.79 Å². The lowest BCUT2D eigenvalue weighted by Gasteiger charge is -2.32. The van der Waals surface area contributed by atoms with E-state index in [9.17, 15) is 9.59 Å². The number of ether oxygens (including phenoxy) is 1. The number of benzene rings is 2. The van der Waals surface area contributed by atoms with Crippen LogP contribution in [0.1, 0.15) is 30.2 Å². The molecule has 1 fully saturated rings. The van der Waals surface area contributed by atoms with Crippen molar-refractivity contribution in [1.29, 1.82) is 0 Å². The van der Waals surface area contributed by atoms with Crippen molar-refractivity contribution in [2.24, 2.45) is 5.92 Å². The average Bonchev–Trinajstić information content (AvgIpc) is 3.38. The van der Waals surface area contributed by atoms with Crippen LogP contribution in [0.25, 0.3) is 0 Å². The number of carbonyl (C=O) groups is 2. The number of hydrogen-bond donors (Lipinski definition) is 2. The monoisotopic (exact) mass is 433 g/mol. The van der Waals surface area contributed by atoms with Gasteiger partial charge in [0.2, 0.25) is 5.91 Å². The van der Waals surface area contributed by atoms with Gasteiger partial charge in [0.1, 0.15) is 17.6 Å². The maximum Gasteiger partial charge on any atom is 0.321 e. The number of nitrogens with one attached hydrogen (secondary N) is 2. The Morgan fingerprint density at radius 2 is 1.81 bits per heavy atom. The number of amides is 3. The molecule has 2 aromatic carbocycles. The van der Waals surface area contributed by atoms with Crippen LogP contribution < -0.4 is 15.4 Å². The van der Waals surface area contributed by atoms with Gasteiger partial charge in [0, 0.05) is 30.8 Å². The number of rotatable bonds is 6. The molecule has 1 unspecified atom stereocenters. The molecule has 1 saturated heterocycles. The summed E-state index contributed by atoms with van der Waals surface area (Å²) in [4.78, 5) is 27.4. The third kappa shape index (κ3) is 5.11. The number of carbonyl (C=O) groups excluding carboxylic acids is 2. The lowest BCUT2D eigenvalue weighted by molar-refractivity contribution is -0.126. The highest BCUT2D eigenvalue weighted by atomic mass is 16.5. The predicted octanol–water partition coefficient (Wildman–Crippen LogP) is 4.44. The summed E-state index contributed by atoms with van der Waals surface area (Å²) < 4.78 is 10.8. The first-order chi connectivity index (χ1) is 15.6. The standard InChI is InChI=1S/C25H27N3O4/c1-31-21-10-5-9-20(17-21)26-25(30)28-14-12-19(13-15-28)24(29)27-23(22-11-6-16-32-22)18-7-3-2-4-8-18/h2-11,16-17,19,23H,12-15H2,1H3,(H,26,30)(H,27,29). The van der Waals surface area contributed by atoms with Crippen LogP contribution in [-0.4, -0.2) is 37.0 Å². The minimum atomic E-state index is -0.340. The van der Waals surface area contributed by atoms with E-state index in [0.29, 0.717) is 43.1 Å². The third-order valence-corrected chi connectivity index (χ3v) is 5.72. The maximum absolute atomic E-state index is 13.0. The van der Waals surface area contributed by atoms with E-state index < -0.39 is 0 Å². The molecule has 7 heteroatoms. The molecule has 0 radical (unpaired) electrons. The van der Waals surface area contributed by atoms with Crippen molar-refractivity contribution in [3.05, 3.63) is 84.3 Å². The van der Waals surface area contributed by atoms with E-state index in [1.807, 2.05) is 60.7 Å². The first-order valence-corrected chi connectivity index (χ1v) is 10.7. The Labute approximate surface area is 187 Å². The molecule has 0 saturated carbocycles. The minimum Gasteiger partial charge on any atom is -0.497 e. The van der Waals surface area contributed by atoms with Crippen molar-refractivity contribution < 1.29 is 18.7 Å². The highest BCUT2D eigenvalue weighted by Crippen LogP contribution is 2.25. The van der Waals surface area contributed by atoms with E-state index >= 15 is 0 Å². The van der Waals surface area contributed by atoms with Gasteiger partial charge in [-0.1, -0.05) is 36.4 Å². The lowest BCUT2D eigenvalue weighted by atomic mass is 9.95. The van der Waals surface area contributed by atoms with Crippen LogP contribution in [0, 0.1) is 5.92 Å². The second-order valence-electron chi connectivity index (χ2n) is 7.79. The van der Waals surface area contributed by atoms with Gasteiger partial charge in [0.25, 0.3) is 0 Å². The van der Waals surface area contributed by atoms with E-state index in [4.69, 9.17) is 9.15 Å². The van der Waals surface area contributed by atoms with Gasteiger partial charge in [-0.05, 0) is 42.7 Å². The highest BCUT2D eigenvalue weighted by Gasteiger charge is 2.30. The Kier molecular flexibility index (Phi) is 6.75. The van der Waals surface area contributed by atoms with E-state index in [1.54, 1.807) is 24.3 Å². The molecule has 0 bridgehead atoms. The number of anilines is 1. The summed E-state index contributed by atoms with van der Waals surface area (Å²) in [6.07, 6.45) is 2.82. The van der Waals surface area contributed by atoms with E-state index in [0.717, 1.165) is 5.56 Å². The smallest absolute Gasteiger partial charge is 0.321 e. The number of methoxy groups -OCH3 is 1. The van der Waals surface area contributed by atoms with Gasteiger partial charge in [0.05, 0.1) is 13.4 Å². The third-order valence-electron chi connectivity index (χ3n) is 5.72. The molecule has 0 spiro atoms. The van der Waals surface area contributed by atoms with Crippen molar-refractivity contribution in [3.8, 4) is 5.75 Å². The predicted molar refractivity (Wildman–Crippen MR) is 121 cm³/mol. The van der Waals surface area contributed by atoms with Gasteiger partial charge in [-0.2, -0.15) is 0 Å². The summed E-state index contributed by atoms with van der Waals surface area (Å²) in [6.45, 7) is 1.04. The SMILES string of the molecule is COc1cccc(NC(=O)N2CCC(C(=O)NC(c3ccccc3)c3ccco3)CC2)c1. The highest BCUT2D eigenvalue weighted by molar-refractivity contribution is 5.90. The van der Waals surface area contributed by atoms with Crippen LogP contribution in [0.3, 0.4) is 0 Å². The van der Waals surface area contributed by atoms with E-state index in [-0.39, 0.29) is 23.9 Å². The van der Waals surface area contributed by atoms with Gasteiger partial charge in [-0.15, -0.1) is 0 Å². The second-order valence-corrected chi connectivity index (χ2v) is 7.79. The van der Waals surface area contributed by atoms with Gasteiger partial charge in [0.15, 0.2) is 0 Å². The fourth-order valence-electron chi connectivity index (χ4n) is 3.93. The number of urea groups is 1. The molecule has 1 atom stereocenters. The molecule has 0 aliphatic carbocycles. The maximum atomic E-state index is 13.0. The zero-order valence-electron chi connectivity index (χ0n) is 18.0. The molecule has 166 valence electrons. The van der Waals surface area contributed by atoms with Crippen molar-refractivity contribution >= 4 is 17.6 Å². The molecule has 3 aromatic rings. The average molecular weight is 434 g/mol. The zero-order chi connectivity index (χ0) is 22.3. The molecule has 2 N–H and O–H groups in total. The first kappa shape index (κ1) is 21.5. The molecular formula is C25H27N3O4. The fourth-order valence-corrected chi connectivity index (χ4v) is 3.93. The van der Waals surface area contributed by atoms with Crippen LogP contribution in [0.2, 0.25) is 0 Å². The molecular weight excluding hydrogens is 406 g/mol. The van der Waals surface area contributed by atoms with Crippen molar-refractivity contribution in [1.82, 2.24) is 10.2 Å². The largest absolute Gasteiger partial charge is 0.497 e. The van der Waals surface area contributed by atoms with Gasteiger partial charge >= 0.3 is 6.03 Å². The number of piperidine rings is 1. The topological polar surface area (TPSA) is 83.8 Å². The second kappa shape index (κ2) is 10.0. The zero-order valence-corrected chi connectivity index (χ0v) is 18.0. The van der Waals surface area contributed by atoms with Crippen molar-refractivity contribution in [3.63, 3.8) is 0 Å². The van der Waals surface area contributed by atoms with Crippen LogP contribution in [0.4, 0.5) is 10.5 Å². The first-order valence-electron chi connectivity index (χ1n) is 10.7. The summed E-state index contributed by atoms with van der Waals surface area (Å²) >= 11 is 0. The van der Waals surface area contributed by atoms with E-state index in [1.165, 1.54) is 0 Å². The molecule has 1 aliphatic rings. The van der Waals surface area contributed by atoms with Crippen LogP contribution in [0.5, 0.6) is 5.75 Å². The minimum absolute atomic E-state index is 0.0249. The van der Waals surface area contributed by atoms with Crippen LogP contribution >= 0.6 is 0 Å². The van der Waals surface area contributed by atoms with Crippen LogP contribution in [0.15, 0.2) is 77.4 Å². The molecule has 7 nitrogen and oxygen atoms in total. The van der Waals surface area contributed by atoms with Gasteiger partial charge < -0.3 is 24.7 Å².